The van der Waals surface area contributed by atoms with E-state index in [1.165, 1.54) is 0 Å². The Morgan fingerprint density at radius 3 is 2.93 bits per heavy atom. The van der Waals surface area contributed by atoms with Gasteiger partial charge in [0.2, 0.25) is 0 Å². The molecule has 5 heteroatoms. The summed E-state index contributed by atoms with van der Waals surface area (Å²) in [6, 6.07) is 2.05. The van der Waals surface area contributed by atoms with Gasteiger partial charge in [-0.25, -0.2) is 4.79 Å². The summed E-state index contributed by atoms with van der Waals surface area (Å²) in [5.74, 6) is -1.01. The maximum atomic E-state index is 11.5. The molecule has 1 atom stereocenters. The number of allylic oxidation sites excluding steroid dienone is 1. The van der Waals surface area contributed by atoms with E-state index in [1.807, 2.05) is 0 Å². The first-order valence-corrected chi connectivity index (χ1v) is 5.27. The largest absolute Gasteiger partial charge is 0.463 e. The van der Waals surface area contributed by atoms with E-state index in [1.54, 1.807) is 31.3 Å². The molecule has 1 aliphatic rings. The Balaban J connectivity index is 2.96. The Bertz CT molecular complexity index is 368. The highest BCUT2D eigenvalue weighted by molar-refractivity contribution is 9.11. The van der Waals surface area contributed by atoms with Gasteiger partial charge >= 0.3 is 5.97 Å². The number of hydrogen-bond acceptors (Lipinski definition) is 4. The van der Waals surface area contributed by atoms with Crippen LogP contribution in [0.1, 0.15) is 6.92 Å². The monoisotopic (exact) mass is 270 g/mol. The summed E-state index contributed by atoms with van der Waals surface area (Å²) >= 11 is 3.26. The molecule has 0 saturated heterocycles. The van der Waals surface area contributed by atoms with Gasteiger partial charge in [-0.2, -0.15) is 5.26 Å². The topological polar surface area (TPSA) is 53.3 Å². The highest BCUT2D eigenvalue weighted by Gasteiger charge is 2.27. The molecule has 0 aromatic heterocycles. The molecule has 0 N–H and O–H groups in total. The van der Waals surface area contributed by atoms with Crippen LogP contribution in [-0.2, 0) is 9.53 Å². The summed E-state index contributed by atoms with van der Waals surface area (Å²) in [5, 5.41) is 8.95. The van der Waals surface area contributed by atoms with Gasteiger partial charge in [0, 0.05) is 23.9 Å². The van der Waals surface area contributed by atoms with E-state index in [-0.39, 0.29) is 0 Å². The fraction of sp³-hybridized carbons (Fsp3) is 0.400. The minimum absolute atomic E-state index is 0.305. The van der Waals surface area contributed by atoms with Crippen molar-refractivity contribution in [2.24, 2.45) is 5.92 Å². The first-order valence-electron chi connectivity index (χ1n) is 4.47. The van der Waals surface area contributed by atoms with Crippen LogP contribution in [0.5, 0.6) is 0 Å². The minimum atomic E-state index is -0.569. The maximum absolute atomic E-state index is 11.5. The van der Waals surface area contributed by atoms with E-state index >= 15 is 0 Å². The van der Waals surface area contributed by atoms with Gasteiger partial charge in [0.1, 0.15) is 5.92 Å². The second-order valence-electron chi connectivity index (χ2n) is 3.05. The first kappa shape index (κ1) is 11.8. The SMILES string of the molecule is CCOC(=O)C1=CN(C)C=C(Br)C1C#N. The number of nitriles is 1. The molecule has 1 rings (SSSR count). The lowest BCUT2D eigenvalue weighted by Gasteiger charge is -2.21. The normalized spacial score (nSPS) is 20.1. The first-order chi connectivity index (χ1) is 7.10. The average Bonchev–Trinajstić information content (AvgIpc) is 2.17. The second kappa shape index (κ2) is 4.99. The van der Waals surface area contributed by atoms with Crippen molar-refractivity contribution in [1.82, 2.24) is 4.90 Å². The molecule has 0 amide bonds. The quantitative estimate of drug-likeness (QED) is 0.718. The lowest BCUT2D eigenvalue weighted by Crippen LogP contribution is -2.22. The van der Waals surface area contributed by atoms with Gasteiger partial charge in [-0.15, -0.1) is 0 Å². The number of carbonyl (C=O) groups is 1. The average molecular weight is 271 g/mol. The Morgan fingerprint density at radius 1 is 1.73 bits per heavy atom. The zero-order chi connectivity index (χ0) is 11.4. The van der Waals surface area contributed by atoms with Crippen molar-refractivity contribution in [3.63, 3.8) is 0 Å². The molecule has 1 aliphatic heterocycles. The number of halogens is 1. The summed E-state index contributed by atoms with van der Waals surface area (Å²) in [6.07, 6.45) is 3.35. The van der Waals surface area contributed by atoms with Crippen LogP contribution in [0.25, 0.3) is 0 Å². The fourth-order valence-electron chi connectivity index (χ4n) is 1.27. The zero-order valence-electron chi connectivity index (χ0n) is 8.53. The molecule has 80 valence electrons. The fourth-order valence-corrected chi connectivity index (χ4v) is 1.94. The molecular weight excluding hydrogens is 260 g/mol. The summed E-state index contributed by atoms with van der Waals surface area (Å²) in [5.41, 5.74) is 0.358. The standard InChI is InChI=1S/C10H11BrN2O2/c1-3-15-10(14)8-5-13(2)6-9(11)7(8)4-12/h5-7H,3H2,1-2H3. The Morgan fingerprint density at radius 2 is 2.40 bits per heavy atom. The predicted molar refractivity (Wildman–Crippen MR) is 58.6 cm³/mol. The lowest BCUT2D eigenvalue weighted by molar-refractivity contribution is -0.138. The van der Waals surface area contributed by atoms with Crippen molar-refractivity contribution in [3.8, 4) is 6.07 Å². The van der Waals surface area contributed by atoms with Gasteiger partial charge in [0.15, 0.2) is 0 Å². The molecule has 1 heterocycles. The highest BCUT2D eigenvalue weighted by Crippen LogP contribution is 2.29. The lowest BCUT2D eigenvalue weighted by atomic mass is 9.99. The van der Waals surface area contributed by atoms with E-state index in [4.69, 9.17) is 10.00 Å². The molecule has 0 aliphatic carbocycles. The molecule has 0 saturated carbocycles. The smallest absolute Gasteiger partial charge is 0.337 e. The van der Waals surface area contributed by atoms with Crippen LogP contribution in [0.4, 0.5) is 0 Å². The number of rotatable bonds is 2. The van der Waals surface area contributed by atoms with Crippen LogP contribution >= 0.6 is 15.9 Å². The predicted octanol–water partition coefficient (Wildman–Crippen LogP) is 1.75. The third kappa shape index (κ3) is 2.60. The summed E-state index contributed by atoms with van der Waals surface area (Å²) in [4.78, 5) is 13.3. The van der Waals surface area contributed by atoms with Crippen LogP contribution < -0.4 is 0 Å². The van der Waals surface area contributed by atoms with Crippen LogP contribution in [0.15, 0.2) is 22.5 Å². The van der Waals surface area contributed by atoms with E-state index in [2.05, 4.69) is 22.0 Å². The second-order valence-corrected chi connectivity index (χ2v) is 3.96. The van der Waals surface area contributed by atoms with Crippen molar-refractivity contribution in [3.05, 3.63) is 22.5 Å². The summed E-state index contributed by atoms with van der Waals surface area (Å²) in [6.45, 7) is 2.04. The zero-order valence-corrected chi connectivity index (χ0v) is 10.1. The van der Waals surface area contributed by atoms with Gasteiger partial charge in [0.25, 0.3) is 0 Å². The van der Waals surface area contributed by atoms with E-state index in [0.717, 1.165) is 0 Å². The molecule has 0 bridgehead atoms. The van der Waals surface area contributed by atoms with Gasteiger partial charge < -0.3 is 9.64 Å². The molecule has 0 fully saturated rings. The summed E-state index contributed by atoms with van der Waals surface area (Å²) < 4.78 is 5.54. The molecule has 4 nitrogen and oxygen atoms in total. The molecule has 1 unspecified atom stereocenters. The van der Waals surface area contributed by atoms with Gasteiger partial charge in [-0.1, -0.05) is 15.9 Å². The Labute approximate surface area is 96.9 Å². The maximum Gasteiger partial charge on any atom is 0.337 e. The van der Waals surface area contributed by atoms with E-state index in [9.17, 15) is 4.79 Å². The number of hydrogen-bond donors (Lipinski definition) is 0. The van der Waals surface area contributed by atoms with Crippen molar-refractivity contribution >= 4 is 21.9 Å². The molecule has 0 spiro atoms. The van der Waals surface area contributed by atoms with Crippen molar-refractivity contribution in [2.45, 2.75) is 6.92 Å². The minimum Gasteiger partial charge on any atom is -0.463 e. The number of esters is 1. The van der Waals surface area contributed by atoms with Crippen LogP contribution in [0.2, 0.25) is 0 Å². The van der Waals surface area contributed by atoms with Crippen LogP contribution in [0, 0.1) is 17.2 Å². The molecule has 0 aromatic rings. The molecule has 0 radical (unpaired) electrons. The van der Waals surface area contributed by atoms with Crippen LogP contribution in [0.3, 0.4) is 0 Å². The van der Waals surface area contributed by atoms with Gasteiger partial charge in [-0.3, -0.25) is 0 Å². The number of nitrogens with zero attached hydrogens (tertiary/aromatic N) is 2. The number of carbonyl (C=O) groups excluding carboxylic acids is 1. The summed E-state index contributed by atoms with van der Waals surface area (Å²) in [7, 11) is 1.79. The highest BCUT2D eigenvalue weighted by atomic mass is 79.9. The third-order valence-electron chi connectivity index (χ3n) is 1.90. The number of ether oxygens (including phenoxy) is 1. The van der Waals surface area contributed by atoms with E-state index in [0.29, 0.717) is 16.7 Å². The van der Waals surface area contributed by atoms with Gasteiger partial charge in [0.05, 0.1) is 18.2 Å². The van der Waals surface area contributed by atoms with Crippen molar-refractivity contribution in [1.29, 1.82) is 5.26 Å². The third-order valence-corrected chi connectivity index (χ3v) is 2.56. The van der Waals surface area contributed by atoms with E-state index < -0.39 is 11.9 Å². The molecule has 0 aromatic carbocycles. The molecular formula is C10H11BrN2O2. The van der Waals surface area contributed by atoms with Crippen molar-refractivity contribution < 1.29 is 9.53 Å². The molecule has 15 heavy (non-hydrogen) atoms. The van der Waals surface area contributed by atoms with Crippen molar-refractivity contribution in [2.75, 3.05) is 13.7 Å². The Hall–Kier alpha value is -1.28. The van der Waals surface area contributed by atoms with Crippen LogP contribution in [-0.4, -0.2) is 24.5 Å². The Kier molecular flexibility index (Phi) is 3.92. The van der Waals surface area contributed by atoms with Gasteiger partial charge in [-0.05, 0) is 6.92 Å².